The Kier molecular flexibility index (Phi) is 3.32. The molecule has 0 aliphatic rings. The van der Waals surface area contributed by atoms with E-state index < -0.39 is 11.6 Å². The van der Waals surface area contributed by atoms with Crippen LogP contribution in [0, 0.1) is 11.6 Å². The Bertz CT molecular complexity index is 772. The van der Waals surface area contributed by atoms with Crippen molar-refractivity contribution in [1.82, 2.24) is 0 Å². The second-order valence-corrected chi connectivity index (χ2v) is 5.44. The molecule has 20 heavy (non-hydrogen) atoms. The monoisotopic (exact) mass is 288 g/mol. The predicted molar refractivity (Wildman–Crippen MR) is 76.2 cm³/mol. The maximum absolute atomic E-state index is 13.1. The molecule has 1 nitrogen and oxygen atoms in total. The van der Waals surface area contributed by atoms with Gasteiger partial charge in [0.25, 0.3) is 0 Å². The Hall–Kier alpha value is -2.07. The van der Waals surface area contributed by atoms with Gasteiger partial charge in [0.15, 0.2) is 5.78 Å². The summed E-state index contributed by atoms with van der Waals surface area (Å²) in [6.45, 7) is 0. The van der Waals surface area contributed by atoms with E-state index >= 15 is 0 Å². The van der Waals surface area contributed by atoms with Crippen molar-refractivity contribution in [2.45, 2.75) is 6.42 Å². The molecule has 3 rings (SSSR count). The molecule has 0 aliphatic heterocycles. The van der Waals surface area contributed by atoms with Gasteiger partial charge in [-0.05, 0) is 40.6 Å². The quantitative estimate of drug-likeness (QED) is 0.643. The molecule has 0 bridgehead atoms. The van der Waals surface area contributed by atoms with Gasteiger partial charge in [-0.3, -0.25) is 4.79 Å². The Morgan fingerprint density at radius 1 is 1.05 bits per heavy atom. The maximum Gasteiger partial charge on any atom is 0.168 e. The molecule has 0 spiro atoms. The number of Topliss-reactive ketones (excluding diaryl/α,β-unsaturated/α-hetero) is 1. The summed E-state index contributed by atoms with van der Waals surface area (Å²) in [7, 11) is 0. The van der Waals surface area contributed by atoms with Crippen molar-refractivity contribution in [2.75, 3.05) is 0 Å². The molecule has 1 aromatic heterocycles. The zero-order valence-electron chi connectivity index (χ0n) is 10.4. The van der Waals surface area contributed by atoms with E-state index in [4.69, 9.17) is 0 Å². The number of rotatable bonds is 3. The third-order valence-electron chi connectivity index (χ3n) is 3.07. The zero-order chi connectivity index (χ0) is 14.1. The van der Waals surface area contributed by atoms with Gasteiger partial charge < -0.3 is 0 Å². The normalized spacial score (nSPS) is 10.9. The van der Waals surface area contributed by atoms with Crippen molar-refractivity contribution in [2.24, 2.45) is 0 Å². The van der Waals surface area contributed by atoms with Crippen molar-refractivity contribution in [3.05, 3.63) is 70.6 Å². The van der Waals surface area contributed by atoms with E-state index in [1.165, 1.54) is 23.5 Å². The lowest BCUT2D eigenvalue weighted by Gasteiger charge is -2.04. The topological polar surface area (TPSA) is 17.1 Å². The lowest BCUT2D eigenvalue weighted by molar-refractivity contribution is 0.0994. The lowest BCUT2D eigenvalue weighted by Crippen LogP contribution is -2.04. The van der Waals surface area contributed by atoms with Gasteiger partial charge in [-0.1, -0.05) is 12.1 Å². The molecule has 0 aliphatic carbocycles. The number of fused-ring (bicyclic) bond motifs is 1. The second kappa shape index (κ2) is 5.13. The first-order chi connectivity index (χ1) is 9.63. The summed E-state index contributed by atoms with van der Waals surface area (Å²) in [6.07, 6.45) is -0.00824. The van der Waals surface area contributed by atoms with E-state index in [1.807, 2.05) is 23.6 Å². The molecular formula is C16H10F2OS. The summed E-state index contributed by atoms with van der Waals surface area (Å²) in [6, 6.07) is 10.6. The van der Waals surface area contributed by atoms with Crippen molar-refractivity contribution in [3.63, 3.8) is 0 Å². The Labute approximate surface area is 118 Å². The minimum Gasteiger partial charge on any atom is -0.294 e. The smallest absolute Gasteiger partial charge is 0.168 e. The lowest BCUT2D eigenvalue weighted by atomic mass is 10.0. The van der Waals surface area contributed by atoms with Crippen LogP contribution in [0.3, 0.4) is 0 Å². The van der Waals surface area contributed by atoms with Crippen LogP contribution in [0.25, 0.3) is 10.1 Å². The van der Waals surface area contributed by atoms with Gasteiger partial charge in [0.05, 0.1) is 0 Å². The van der Waals surface area contributed by atoms with Crippen molar-refractivity contribution >= 4 is 27.2 Å². The molecule has 3 aromatic rings. The number of halogens is 2. The van der Waals surface area contributed by atoms with Crippen LogP contribution in [0.4, 0.5) is 8.78 Å². The largest absolute Gasteiger partial charge is 0.294 e. The van der Waals surface area contributed by atoms with E-state index in [-0.39, 0.29) is 12.2 Å². The first kappa shape index (κ1) is 12.9. The van der Waals surface area contributed by atoms with Crippen LogP contribution < -0.4 is 0 Å². The average Bonchev–Trinajstić information content (AvgIpc) is 2.85. The standard InChI is InChI=1S/C16H10F2OS/c17-12-6-10(7-13(18)9-12)8-15(19)14-3-1-2-11-4-5-20-16(11)14/h1-7,9H,8H2. The molecule has 0 atom stereocenters. The number of hydrogen-bond donors (Lipinski definition) is 0. The maximum atomic E-state index is 13.1. The van der Waals surface area contributed by atoms with Gasteiger partial charge in [-0.15, -0.1) is 11.3 Å². The molecule has 1 heterocycles. The zero-order valence-corrected chi connectivity index (χ0v) is 11.2. The third-order valence-corrected chi connectivity index (χ3v) is 4.03. The number of carbonyl (C=O) groups is 1. The van der Waals surface area contributed by atoms with Crippen molar-refractivity contribution in [3.8, 4) is 0 Å². The fourth-order valence-corrected chi connectivity index (χ4v) is 3.14. The van der Waals surface area contributed by atoms with Gasteiger partial charge in [-0.2, -0.15) is 0 Å². The minimum atomic E-state index is -0.665. The van der Waals surface area contributed by atoms with Crippen LogP contribution in [0.1, 0.15) is 15.9 Å². The molecule has 0 amide bonds. The van der Waals surface area contributed by atoms with Crippen LogP contribution in [0.5, 0.6) is 0 Å². The second-order valence-electron chi connectivity index (χ2n) is 4.52. The molecule has 0 unspecified atom stereocenters. The Morgan fingerprint density at radius 3 is 2.55 bits per heavy atom. The molecule has 2 aromatic carbocycles. The van der Waals surface area contributed by atoms with Crippen LogP contribution in [0.2, 0.25) is 0 Å². The molecule has 4 heteroatoms. The Balaban J connectivity index is 1.95. The molecule has 0 fully saturated rings. The number of ketones is 1. The average molecular weight is 288 g/mol. The molecule has 100 valence electrons. The minimum absolute atomic E-state index is 0.00824. The van der Waals surface area contributed by atoms with Gasteiger partial charge >= 0.3 is 0 Å². The molecule has 0 N–H and O–H groups in total. The number of hydrogen-bond acceptors (Lipinski definition) is 2. The highest BCUT2D eigenvalue weighted by Gasteiger charge is 2.12. The first-order valence-electron chi connectivity index (χ1n) is 6.08. The van der Waals surface area contributed by atoms with E-state index in [0.717, 1.165) is 16.2 Å². The van der Waals surface area contributed by atoms with Crippen LogP contribution in [0.15, 0.2) is 47.8 Å². The Morgan fingerprint density at radius 2 is 1.80 bits per heavy atom. The van der Waals surface area contributed by atoms with Crippen LogP contribution >= 0.6 is 11.3 Å². The third kappa shape index (κ3) is 2.47. The predicted octanol–water partition coefficient (Wildman–Crippen LogP) is 4.60. The highest BCUT2D eigenvalue weighted by Crippen LogP contribution is 2.26. The van der Waals surface area contributed by atoms with Gasteiger partial charge in [-0.25, -0.2) is 8.78 Å². The van der Waals surface area contributed by atoms with Crippen LogP contribution in [-0.4, -0.2) is 5.78 Å². The number of carbonyl (C=O) groups excluding carboxylic acids is 1. The highest BCUT2D eigenvalue weighted by molar-refractivity contribution is 7.17. The highest BCUT2D eigenvalue weighted by atomic mass is 32.1. The number of thiophene rings is 1. The summed E-state index contributed by atoms with van der Waals surface area (Å²) >= 11 is 1.49. The summed E-state index contributed by atoms with van der Waals surface area (Å²) in [5, 5.41) is 2.93. The van der Waals surface area contributed by atoms with E-state index in [0.29, 0.717) is 11.1 Å². The van der Waals surface area contributed by atoms with E-state index in [2.05, 4.69) is 0 Å². The summed E-state index contributed by atoms with van der Waals surface area (Å²) < 4.78 is 27.2. The van der Waals surface area contributed by atoms with Crippen molar-refractivity contribution in [1.29, 1.82) is 0 Å². The molecule has 0 saturated heterocycles. The molecule has 0 saturated carbocycles. The van der Waals surface area contributed by atoms with Crippen LogP contribution in [-0.2, 0) is 6.42 Å². The molecule has 0 radical (unpaired) electrons. The van der Waals surface area contributed by atoms with Gasteiger partial charge in [0.1, 0.15) is 11.6 Å². The van der Waals surface area contributed by atoms with Gasteiger partial charge in [0.2, 0.25) is 0 Å². The summed E-state index contributed by atoms with van der Waals surface area (Å²) in [5.41, 5.74) is 0.947. The first-order valence-corrected chi connectivity index (χ1v) is 6.96. The van der Waals surface area contributed by atoms with E-state index in [1.54, 1.807) is 6.07 Å². The molecular weight excluding hydrogens is 278 g/mol. The summed E-state index contributed by atoms with van der Waals surface area (Å²) in [4.78, 5) is 12.3. The SMILES string of the molecule is O=C(Cc1cc(F)cc(F)c1)c1cccc2ccsc12. The fourth-order valence-electron chi connectivity index (χ4n) is 2.21. The number of benzene rings is 2. The van der Waals surface area contributed by atoms with Gasteiger partial charge in [0, 0.05) is 22.8 Å². The summed E-state index contributed by atoms with van der Waals surface area (Å²) in [5.74, 6) is -1.47. The van der Waals surface area contributed by atoms with Crippen molar-refractivity contribution < 1.29 is 13.6 Å². The fraction of sp³-hybridized carbons (Fsp3) is 0.0625. The van der Waals surface area contributed by atoms with E-state index in [9.17, 15) is 13.6 Å².